The average molecular weight is 398 g/mol. The lowest BCUT2D eigenvalue weighted by molar-refractivity contribution is -0.144. The van der Waals surface area contributed by atoms with E-state index >= 15 is 0 Å². The SMILES string of the molecule is CC(=O)OC1=C(N2C(=O)CCC2=O)OC(C)(c2ccc(Cl)c(Cl)c2)C1=O. The molecule has 1 fully saturated rings. The monoisotopic (exact) mass is 397 g/mol. The van der Waals surface area contributed by atoms with Gasteiger partial charge in [0.15, 0.2) is 5.60 Å². The predicted molar refractivity (Wildman–Crippen MR) is 89.8 cm³/mol. The first-order valence-corrected chi connectivity index (χ1v) is 8.38. The van der Waals surface area contributed by atoms with E-state index in [9.17, 15) is 19.2 Å². The fraction of sp³-hybridized carbons (Fsp3) is 0.294. The highest BCUT2D eigenvalue weighted by atomic mass is 35.5. The van der Waals surface area contributed by atoms with Crippen LogP contribution in [0.25, 0.3) is 0 Å². The third kappa shape index (κ3) is 2.87. The van der Waals surface area contributed by atoms with E-state index in [2.05, 4.69) is 0 Å². The van der Waals surface area contributed by atoms with Gasteiger partial charge in [0.25, 0.3) is 11.7 Å². The second-order valence-corrected chi connectivity index (χ2v) is 6.76. The number of carbonyl (C=O) groups is 4. The Morgan fingerprint density at radius 3 is 2.31 bits per heavy atom. The molecule has 0 spiro atoms. The summed E-state index contributed by atoms with van der Waals surface area (Å²) in [6.45, 7) is 2.52. The molecule has 0 N–H and O–H groups in total. The summed E-state index contributed by atoms with van der Waals surface area (Å²) in [6.07, 6.45) is -0.0343. The molecule has 3 rings (SSSR count). The van der Waals surface area contributed by atoms with Gasteiger partial charge in [-0.15, -0.1) is 0 Å². The van der Waals surface area contributed by atoms with E-state index in [4.69, 9.17) is 32.7 Å². The quantitative estimate of drug-likeness (QED) is 0.575. The maximum Gasteiger partial charge on any atom is 0.308 e. The van der Waals surface area contributed by atoms with Gasteiger partial charge in [-0.05, 0) is 19.1 Å². The van der Waals surface area contributed by atoms with Crippen LogP contribution in [-0.2, 0) is 34.3 Å². The standard InChI is InChI=1S/C17H13Cl2NO6/c1-8(21)25-14-15(24)17(2,9-3-4-10(18)11(19)7-9)26-16(14)20-12(22)5-6-13(20)23/h3-4,7H,5-6H2,1-2H3. The van der Waals surface area contributed by atoms with Crippen LogP contribution in [0.2, 0.25) is 10.0 Å². The van der Waals surface area contributed by atoms with Gasteiger partial charge in [0, 0.05) is 25.3 Å². The van der Waals surface area contributed by atoms with Gasteiger partial charge in [0.1, 0.15) is 0 Å². The van der Waals surface area contributed by atoms with Crippen LogP contribution in [0.1, 0.15) is 32.3 Å². The van der Waals surface area contributed by atoms with Crippen LogP contribution >= 0.6 is 23.2 Å². The van der Waals surface area contributed by atoms with E-state index in [1.54, 1.807) is 0 Å². The van der Waals surface area contributed by atoms with Gasteiger partial charge in [-0.1, -0.05) is 29.3 Å². The molecule has 1 aromatic carbocycles. The number of halogens is 2. The Bertz CT molecular complexity index is 877. The van der Waals surface area contributed by atoms with Gasteiger partial charge < -0.3 is 9.47 Å². The number of hydrogen-bond acceptors (Lipinski definition) is 6. The van der Waals surface area contributed by atoms with Crippen molar-refractivity contribution < 1.29 is 28.7 Å². The Kier molecular flexibility index (Phi) is 4.54. The third-order valence-corrected chi connectivity index (χ3v) is 4.84. The lowest BCUT2D eigenvalue weighted by Gasteiger charge is -2.25. The first-order chi connectivity index (χ1) is 12.1. The van der Waals surface area contributed by atoms with Gasteiger partial charge in [0.2, 0.25) is 17.6 Å². The van der Waals surface area contributed by atoms with E-state index in [0.717, 1.165) is 11.8 Å². The zero-order valence-electron chi connectivity index (χ0n) is 13.8. The van der Waals surface area contributed by atoms with Crippen molar-refractivity contribution >= 4 is 46.8 Å². The number of benzene rings is 1. The molecule has 2 aliphatic heterocycles. The second-order valence-electron chi connectivity index (χ2n) is 5.94. The van der Waals surface area contributed by atoms with E-state index in [0.29, 0.717) is 5.56 Å². The summed E-state index contributed by atoms with van der Waals surface area (Å²) in [4.78, 5) is 49.2. The topological polar surface area (TPSA) is 90.0 Å². The normalized spacial score (nSPS) is 22.9. The zero-order valence-corrected chi connectivity index (χ0v) is 15.3. The number of ether oxygens (including phenoxy) is 2. The van der Waals surface area contributed by atoms with E-state index < -0.39 is 34.9 Å². The molecule has 1 saturated heterocycles. The van der Waals surface area contributed by atoms with Crippen molar-refractivity contribution in [3.05, 3.63) is 45.5 Å². The molecule has 0 saturated carbocycles. The van der Waals surface area contributed by atoms with Crippen LogP contribution in [0, 0.1) is 0 Å². The van der Waals surface area contributed by atoms with Crippen molar-refractivity contribution in [2.45, 2.75) is 32.3 Å². The van der Waals surface area contributed by atoms with Crippen molar-refractivity contribution in [3.63, 3.8) is 0 Å². The van der Waals surface area contributed by atoms with E-state index in [1.165, 1.54) is 25.1 Å². The van der Waals surface area contributed by atoms with Crippen LogP contribution in [-0.4, -0.2) is 28.5 Å². The number of Topliss-reactive ketones (excluding diaryl/α,β-unsaturated/α-hetero) is 1. The summed E-state index contributed by atoms with van der Waals surface area (Å²) in [6, 6.07) is 4.44. The van der Waals surface area contributed by atoms with Gasteiger partial charge in [0.05, 0.1) is 10.0 Å². The molecule has 1 aromatic rings. The number of likely N-dealkylation sites (tertiary alicyclic amines) is 1. The number of nitrogens with zero attached hydrogens (tertiary/aromatic N) is 1. The molecule has 1 unspecified atom stereocenters. The zero-order chi connectivity index (χ0) is 19.2. The average Bonchev–Trinajstić information content (AvgIpc) is 3.02. The minimum Gasteiger partial charge on any atom is -0.456 e. The molecule has 26 heavy (non-hydrogen) atoms. The Balaban J connectivity index is 2.09. The fourth-order valence-corrected chi connectivity index (χ4v) is 3.06. The highest BCUT2D eigenvalue weighted by Crippen LogP contribution is 2.43. The molecule has 9 heteroatoms. The summed E-state index contributed by atoms with van der Waals surface area (Å²) < 4.78 is 10.7. The van der Waals surface area contributed by atoms with Gasteiger partial charge >= 0.3 is 5.97 Å². The first-order valence-electron chi connectivity index (χ1n) is 7.63. The van der Waals surface area contributed by atoms with Crippen molar-refractivity contribution in [2.24, 2.45) is 0 Å². The van der Waals surface area contributed by atoms with Crippen LogP contribution in [0.15, 0.2) is 29.8 Å². The van der Waals surface area contributed by atoms with Crippen molar-refractivity contribution in [2.75, 3.05) is 0 Å². The van der Waals surface area contributed by atoms with Crippen LogP contribution in [0.3, 0.4) is 0 Å². The Morgan fingerprint density at radius 1 is 1.15 bits per heavy atom. The highest BCUT2D eigenvalue weighted by Gasteiger charge is 2.53. The lowest BCUT2D eigenvalue weighted by atomic mass is 9.91. The van der Waals surface area contributed by atoms with Crippen LogP contribution < -0.4 is 0 Å². The molecule has 0 aromatic heterocycles. The second kappa shape index (κ2) is 6.41. The van der Waals surface area contributed by atoms with Gasteiger partial charge in [-0.25, -0.2) is 4.90 Å². The number of amides is 2. The largest absolute Gasteiger partial charge is 0.456 e. The first kappa shape index (κ1) is 18.4. The highest BCUT2D eigenvalue weighted by molar-refractivity contribution is 6.42. The number of rotatable bonds is 3. The van der Waals surface area contributed by atoms with Crippen molar-refractivity contribution in [1.82, 2.24) is 4.90 Å². The minimum atomic E-state index is -1.64. The predicted octanol–water partition coefficient (Wildman–Crippen LogP) is 2.69. The summed E-state index contributed by atoms with van der Waals surface area (Å²) in [7, 11) is 0. The Hall–Kier alpha value is -2.38. The van der Waals surface area contributed by atoms with E-state index in [-0.39, 0.29) is 28.8 Å². The number of ketones is 1. The molecule has 0 radical (unpaired) electrons. The lowest BCUT2D eigenvalue weighted by Crippen LogP contribution is -2.33. The molecule has 136 valence electrons. The molecular weight excluding hydrogens is 385 g/mol. The molecule has 2 aliphatic rings. The smallest absolute Gasteiger partial charge is 0.308 e. The van der Waals surface area contributed by atoms with Gasteiger partial charge in [-0.3, -0.25) is 19.2 Å². The summed E-state index contributed by atoms with van der Waals surface area (Å²) >= 11 is 11.9. The Morgan fingerprint density at radius 2 is 1.77 bits per heavy atom. The van der Waals surface area contributed by atoms with Crippen LogP contribution in [0.5, 0.6) is 0 Å². The summed E-state index contributed by atoms with van der Waals surface area (Å²) in [5.41, 5.74) is -1.31. The molecule has 2 heterocycles. The van der Waals surface area contributed by atoms with Crippen LogP contribution in [0.4, 0.5) is 0 Å². The minimum absolute atomic E-state index is 0.0171. The number of carbonyl (C=O) groups excluding carboxylic acids is 4. The molecule has 2 amide bonds. The third-order valence-electron chi connectivity index (χ3n) is 4.11. The maximum atomic E-state index is 13.0. The summed E-state index contributed by atoms with van der Waals surface area (Å²) in [5, 5.41) is 0.473. The maximum absolute atomic E-state index is 13.0. The van der Waals surface area contributed by atoms with E-state index in [1.807, 2.05) is 0 Å². The number of esters is 1. The fourth-order valence-electron chi connectivity index (χ4n) is 2.77. The molecule has 0 aliphatic carbocycles. The molecular formula is C17H13Cl2NO6. The number of hydrogen-bond donors (Lipinski definition) is 0. The van der Waals surface area contributed by atoms with Gasteiger partial charge in [-0.2, -0.15) is 0 Å². The molecule has 7 nitrogen and oxygen atoms in total. The number of imide groups is 1. The van der Waals surface area contributed by atoms with Crippen molar-refractivity contribution in [1.29, 1.82) is 0 Å². The van der Waals surface area contributed by atoms with Crippen molar-refractivity contribution in [3.8, 4) is 0 Å². The molecule has 1 atom stereocenters. The Labute approximate surface area is 158 Å². The molecule has 0 bridgehead atoms. The summed E-state index contributed by atoms with van der Waals surface area (Å²) in [5.74, 6) is -3.46.